The first-order chi connectivity index (χ1) is 16.5. The van der Waals surface area contributed by atoms with Crippen LogP contribution in [0.3, 0.4) is 0 Å². The Bertz CT molecular complexity index is 866. The van der Waals surface area contributed by atoms with E-state index in [0.717, 1.165) is 71.4 Å². The Kier molecular flexibility index (Phi) is 10.6. The van der Waals surface area contributed by atoms with E-state index in [0.29, 0.717) is 5.92 Å². The van der Waals surface area contributed by atoms with E-state index in [1.54, 1.807) is 0 Å². The summed E-state index contributed by atoms with van der Waals surface area (Å²) in [6.07, 6.45) is 13.5. The summed E-state index contributed by atoms with van der Waals surface area (Å²) in [7, 11) is 2.01. The maximum atomic E-state index is 5.96. The molecule has 2 aliphatic rings. The number of aryl methyl sites for hydroxylation is 1. The SMILES string of the molecule is C=C1Cc2ccc(CCC3(CN)CN3)cc2C(C)C(=C/CC)/C1=C\CCOCCCCCNC. The number of allylic oxidation sites excluding steroid dienone is 4. The van der Waals surface area contributed by atoms with Crippen molar-refractivity contribution in [3.8, 4) is 0 Å². The molecule has 1 aliphatic heterocycles. The van der Waals surface area contributed by atoms with Crippen LogP contribution in [0.4, 0.5) is 0 Å². The molecule has 0 amide bonds. The lowest BCUT2D eigenvalue weighted by Gasteiger charge is -2.19. The van der Waals surface area contributed by atoms with Crippen LogP contribution < -0.4 is 16.4 Å². The van der Waals surface area contributed by atoms with Crippen molar-refractivity contribution < 1.29 is 4.74 Å². The minimum absolute atomic E-state index is 0.185. The van der Waals surface area contributed by atoms with Gasteiger partial charge in [0.05, 0.1) is 6.61 Å². The van der Waals surface area contributed by atoms with Crippen LogP contribution in [0.25, 0.3) is 0 Å². The average Bonchev–Trinajstić information content (AvgIpc) is 3.64. The van der Waals surface area contributed by atoms with E-state index in [9.17, 15) is 0 Å². The monoisotopic (exact) mass is 465 g/mol. The van der Waals surface area contributed by atoms with Gasteiger partial charge in [-0.05, 0) is 98.4 Å². The van der Waals surface area contributed by atoms with Crippen molar-refractivity contribution in [2.75, 3.05) is 39.9 Å². The standard InChI is InChI=1S/C30H47N3O/c1-5-10-28-24(3)29-20-25(14-15-30(21-31)22-33-30)12-13-26(29)19-23(2)27(28)11-9-18-34-17-8-6-7-16-32-4/h10-13,20,24,32-33H,2,5-9,14-19,21-22,31H2,1,3-4H3/b27-11-,28-10-. The Hall–Kier alpha value is -1.72. The molecule has 1 saturated heterocycles. The molecule has 188 valence electrons. The third kappa shape index (κ3) is 7.39. The zero-order valence-corrected chi connectivity index (χ0v) is 21.8. The molecule has 34 heavy (non-hydrogen) atoms. The largest absolute Gasteiger partial charge is 0.381 e. The molecule has 3 rings (SSSR count). The molecule has 4 heteroatoms. The van der Waals surface area contributed by atoms with E-state index in [1.807, 2.05) is 7.05 Å². The highest BCUT2D eigenvalue weighted by molar-refractivity contribution is 5.57. The first-order valence-corrected chi connectivity index (χ1v) is 13.4. The Morgan fingerprint density at radius 2 is 2.06 bits per heavy atom. The second-order valence-electron chi connectivity index (χ2n) is 10.1. The van der Waals surface area contributed by atoms with Crippen LogP contribution in [0.2, 0.25) is 0 Å². The quantitative estimate of drug-likeness (QED) is 0.201. The Labute approximate surface area is 208 Å². The van der Waals surface area contributed by atoms with Crippen LogP contribution in [0, 0.1) is 0 Å². The molecule has 2 atom stereocenters. The molecular weight excluding hydrogens is 418 g/mol. The minimum atomic E-state index is 0.185. The van der Waals surface area contributed by atoms with Gasteiger partial charge in [0.2, 0.25) is 0 Å². The highest BCUT2D eigenvalue weighted by Crippen LogP contribution is 2.40. The molecule has 1 heterocycles. The summed E-state index contributed by atoms with van der Waals surface area (Å²) in [6.45, 7) is 13.6. The summed E-state index contributed by atoms with van der Waals surface area (Å²) in [5.41, 5.74) is 14.5. The molecule has 0 saturated carbocycles. The predicted octanol–water partition coefficient (Wildman–Crippen LogP) is 5.19. The number of nitrogens with one attached hydrogen (secondary N) is 2. The molecular formula is C30H47N3O. The van der Waals surface area contributed by atoms with E-state index in [1.165, 1.54) is 46.3 Å². The number of ether oxygens (including phenoxy) is 1. The third-order valence-electron chi connectivity index (χ3n) is 7.45. The maximum Gasteiger partial charge on any atom is 0.0500 e. The van der Waals surface area contributed by atoms with Crippen molar-refractivity contribution in [3.05, 3.63) is 70.3 Å². The zero-order chi connectivity index (χ0) is 24.4. The van der Waals surface area contributed by atoms with Gasteiger partial charge in [-0.15, -0.1) is 0 Å². The second kappa shape index (κ2) is 13.4. The van der Waals surface area contributed by atoms with Crippen LogP contribution in [0.5, 0.6) is 0 Å². The summed E-state index contributed by atoms with van der Waals surface area (Å²) < 4.78 is 5.91. The van der Waals surface area contributed by atoms with Crippen LogP contribution in [-0.2, 0) is 17.6 Å². The van der Waals surface area contributed by atoms with Gasteiger partial charge >= 0.3 is 0 Å². The second-order valence-corrected chi connectivity index (χ2v) is 10.1. The summed E-state index contributed by atoms with van der Waals surface area (Å²) in [5.74, 6) is 0.371. The number of nitrogens with two attached hydrogens (primary N) is 1. The fraction of sp³-hybridized carbons (Fsp3) is 0.600. The number of hydrogen-bond donors (Lipinski definition) is 3. The predicted molar refractivity (Wildman–Crippen MR) is 145 cm³/mol. The summed E-state index contributed by atoms with van der Waals surface area (Å²) in [6, 6.07) is 7.10. The first kappa shape index (κ1) is 26.9. The maximum absolute atomic E-state index is 5.96. The van der Waals surface area contributed by atoms with Crippen molar-refractivity contribution in [2.45, 2.75) is 76.7 Å². The molecule has 1 aliphatic carbocycles. The molecule has 1 aromatic rings. The van der Waals surface area contributed by atoms with Crippen molar-refractivity contribution in [2.24, 2.45) is 5.73 Å². The van der Waals surface area contributed by atoms with Crippen molar-refractivity contribution in [1.29, 1.82) is 0 Å². The van der Waals surface area contributed by atoms with E-state index in [2.05, 4.69) is 61.4 Å². The normalized spacial score (nSPS) is 24.5. The van der Waals surface area contributed by atoms with E-state index in [-0.39, 0.29) is 5.54 Å². The van der Waals surface area contributed by atoms with E-state index >= 15 is 0 Å². The summed E-state index contributed by atoms with van der Waals surface area (Å²) in [5, 5.41) is 6.66. The van der Waals surface area contributed by atoms with Gasteiger partial charge in [0.15, 0.2) is 0 Å². The zero-order valence-electron chi connectivity index (χ0n) is 21.8. The van der Waals surface area contributed by atoms with Crippen LogP contribution >= 0.6 is 0 Å². The van der Waals surface area contributed by atoms with Gasteiger partial charge in [-0.1, -0.05) is 50.8 Å². The number of fused-ring (bicyclic) bond motifs is 1. The van der Waals surface area contributed by atoms with Gasteiger partial charge in [-0.2, -0.15) is 0 Å². The fourth-order valence-corrected chi connectivity index (χ4v) is 5.07. The molecule has 2 unspecified atom stereocenters. The van der Waals surface area contributed by atoms with E-state index < -0.39 is 0 Å². The Morgan fingerprint density at radius 1 is 1.24 bits per heavy atom. The molecule has 4 nitrogen and oxygen atoms in total. The Balaban J connectivity index is 1.64. The fourth-order valence-electron chi connectivity index (χ4n) is 5.07. The smallest absolute Gasteiger partial charge is 0.0500 e. The highest BCUT2D eigenvalue weighted by Gasteiger charge is 2.39. The van der Waals surface area contributed by atoms with Crippen molar-refractivity contribution in [1.82, 2.24) is 10.6 Å². The molecule has 1 fully saturated rings. The molecule has 4 N–H and O–H groups in total. The number of hydrogen-bond acceptors (Lipinski definition) is 4. The summed E-state index contributed by atoms with van der Waals surface area (Å²) in [4.78, 5) is 0. The van der Waals surface area contributed by atoms with Crippen molar-refractivity contribution in [3.63, 3.8) is 0 Å². The third-order valence-corrected chi connectivity index (χ3v) is 7.45. The molecule has 0 radical (unpaired) electrons. The first-order valence-electron chi connectivity index (χ1n) is 13.4. The highest BCUT2D eigenvalue weighted by atomic mass is 16.5. The van der Waals surface area contributed by atoms with Gasteiger partial charge in [0.1, 0.15) is 0 Å². The molecule has 0 bridgehead atoms. The average molecular weight is 466 g/mol. The number of rotatable bonds is 14. The van der Waals surface area contributed by atoms with Crippen molar-refractivity contribution >= 4 is 0 Å². The van der Waals surface area contributed by atoms with Crippen LogP contribution in [-0.4, -0.2) is 45.4 Å². The lowest BCUT2D eigenvalue weighted by molar-refractivity contribution is 0.134. The van der Waals surface area contributed by atoms with Gasteiger partial charge < -0.3 is 21.1 Å². The molecule has 0 aromatic heterocycles. The van der Waals surface area contributed by atoms with E-state index in [4.69, 9.17) is 10.5 Å². The van der Waals surface area contributed by atoms with Crippen LogP contribution in [0.1, 0.15) is 75.0 Å². The Morgan fingerprint density at radius 3 is 2.76 bits per heavy atom. The summed E-state index contributed by atoms with van der Waals surface area (Å²) >= 11 is 0. The van der Waals surface area contributed by atoms with Crippen LogP contribution in [0.15, 0.2) is 53.6 Å². The number of benzene rings is 1. The topological polar surface area (TPSA) is 69.2 Å². The van der Waals surface area contributed by atoms with Gasteiger partial charge in [0, 0.05) is 31.2 Å². The van der Waals surface area contributed by atoms with Gasteiger partial charge in [-0.25, -0.2) is 0 Å². The van der Waals surface area contributed by atoms with Gasteiger partial charge in [-0.3, -0.25) is 0 Å². The molecule has 0 spiro atoms. The van der Waals surface area contributed by atoms with Gasteiger partial charge in [0.25, 0.3) is 0 Å². The number of unbranched alkanes of at least 4 members (excludes halogenated alkanes) is 2. The minimum Gasteiger partial charge on any atom is -0.381 e. The molecule has 1 aromatic carbocycles. The lowest BCUT2D eigenvalue weighted by Crippen LogP contribution is -2.27. The lowest BCUT2D eigenvalue weighted by atomic mass is 9.85.